The molecule has 3 N–H and O–H groups in total. The largest absolute Gasteiger partial charge is 0.497 e. The van der Waals surface area contributed by atoms with Gasteiger partial charge in [0.15, 0.2) is 0 Å². The van der Waals surface area contributed by atoms with Crippen LogP contribution in [-0.2, 0) is 4.79 Å². The van der Waals surface area contributed by atoms with Crippen LogP contribution in [0, 0.1) is 0 Å². The summed E-state index contributed by atoms with van der Waals surface area (Å²) in [5.41, 5.74) is 8.15. The van der Waals surface area contributed by atoms with E-state index in [0.717, 1.165) is 24.4 Å². The second-order valence-electron chi connectivity index (χ2n) is 7.02. The van der Waals surface area contributed by atoms with Gasteiger partial charge >= 0.3 is 0 Å². The number of methoxy groups -OCH3 is 1. The maximum Gasteiger partial charge on any atom is 0.241 e. The van der Waals surface area contributed by atoms with Gasteiger partial charge in [-0.2, -0.15) is 0 Å². The number of nitrogens with two attached hydrogens (primary N) is 1. The van der Waals surface area contributed by atoms with Crippen molar-refractivity contribution in [1.82, 2.24) is 10.2 Å². The molecule has 1 amide bonds. The minimum Gasteiger partial charge on any atom is -0.497 e. The summed E-state index contributed by atoms with van der Waals surface area (Å²) in [7, 11) is 1.67. The van der Waals surface area contributed by atoms with Crippen molar-refractivity contribution in [3.63, 3.8) is 0 Å². The monoisotopic (exact) mass is 439 g/mol. The summed E-state index contributed by atoms with van der Waals surface area (Å²) in [6, 6.07) is 17.1. The van der Waals surface area contributed by atoms with Crippen LogP contribution in [0.2, 0.25) is 0 Å². The van der Waals surface area contributed by atoms with Crippen LogP contribution in [0.1, 0.15) is 42.5 Å². The number of amides is 1. The van der Waals surface area contributed by atoms with E-state index in [4.69, 9.17) is 10.5 Å². The number of nitrogens with one attached hydrogen (secondary N) is 1. The molecule has 1 heterocycles. The van der Waals surface area contributed by atoms with Crippen molar-refractivity contribution >= 4 is 30.7 Å². The van der Waals surface area contributed by atoms with E-state index in [9.17, 15) is 4.79 Å². The molecule has 0 aromatic heterocycles. The van der Waals surface area contributed by atoms with E-state index in [-0.39, 0.29) is 36.8 Å². The van der Waals surface area contributed by atoms with E-state index in [1.54, 1.807) is 7.11 Å². The Morgan fingerprint density at radius 3 is 2.21 bits per heavy atom. The van der Waals surface area contributed by atoms with Crippen molar-refractivity contribution < 1.29 is 9.53 Å². The van der Waals surface area contributed by atoms with Crippen LogP contribution in [0.3, 0.4) is 0 Å². The highest BCUT2D eigenvalue weighted by molar-refractivity contribution is 5.85. The van der Waals surface area contributed by atoms with Gasteiger partial charge < -0.3 is 15.8 Å². The number of rotatable bonds is 7. The Labute approximate surface area is 185 Å². The average molecular weight is 440 g/mol. The maximum atomic E-state index is 12.6. The number of hydrogen-bond acceptors (Lipinski definition) is 4. The number of nitrogens with zero attached hydrogens (tertiary/aromatic N) is 1. The molecule has 0 aliphatic carbocycles. The fraction of sp³-hybridized carbons (Fsp3) is 0.409. The van der Waals surface area contributed by atoms with Crippen LogP contribution in [0.5, 0.6) is 5.75 Å². The summed E-state index contributed by atoms with van der Waals surface area (Å²) in [5.74, 6) is 0.697. The van der Waals surface area contributed by atoms with Gasteiger partial charge in [0, 0.05) is 6.54 Å². The van der Waals surface area contributed by atoms with Crippen LogP contribution in [0.15, 0.2) is 54.6 Å². The zero-order valence-electron chi connectivity index (χ0n) is 16.8. The third kappa shape index (κ3) is 6.89. The van der Waals surface area contributed by atoms with E-state index in [0.29, 0.717) is 6.54 Å². The number of carbonyl (C=O) groups is 1. The van der Waals surface area contributed by atoms with Gasteiger partial charge in [-0.1, -0.05) is 48.9 Å². The molecule has 0 bridgehead atoms. The number of ether oxygens (including phenoxy) is 1. The molecule has 1 saturated heterocycles. The predicted molar refractivity (Wildman–Crippen MR) is 122 cm³/mol. The second kappa shape index (κ2) is 12.7. The first kappa shape index (κ1) is 25.2. The lowest BCUT2D eigenvalue weighted by atomic mass is 10.0. The fourth-order valence-corrected chi connectivity index (χ4v) is 3.63. The van der Waals surface area contributed by atoms with E-state index in [1.807, 2.05) is 42.5 Å². The van der Waals surface area contributed by atoms with Gasteiger partial charge in [0.1, 0.15) is 11.8 Å². The van der Waals surface area contributed by atoms with E-state index in [2.05, 4.69) is 22.3 Å². The summed E-state index contributed by atoms with van der Waals surface area (Å²) < 4.78 is 5.27. The molecule has 0 radical (unpaired) electrons. The molecule has 1 fully saturated rings. The molecule has 2 aromatic rings. The molecule has 1 aliphatic rings. The molecular formula is C22H31Cl2N3O2. The molecule has 1 aliphatic heterocycles. The van der Waals surface area contributed by atoms with Crippen LogP contribution in [0.25, 0.3) is 0 Å². The standard InChI is InChI=1S/C22H29N3O2.2ClH/c1-27-19-12-10-17(11-13-19)20(25-14-6-3-7-15-25)16-24-22(26)21(23)18-8-4-2-5-9-18;;/h2,4-5,8-13,20-21H,3,6-7,14-16,23H2,1H3,(H,24,26);2*1H. The van der Waals surface area contributed by atoms with Gasteiger partial charge in [0.25, 0.3) is 0 Å². The Hall–Kier alpha value is -1.79. The van der Waals surface area contributed by atoms with Crippen molar-refractivity contribution in [3.8, 4) is 5.75 Å². The summed E-state index contributed by atoms with van der Waals surface area (Å²) >= 11 is 0. The van der Waals surface area contributed by atoms with Gasteiger partial charge in [0.05, 0.1) is 13.2 Å². The van der Waals surface area contributed by atoms with Crippen LogP contribution in [0.4, 0.5) is 0 Å². The second-order valence-corrected chi connectivity index (χ2v) is 7.02. The average Bonchev–Trinajstić information content (AvgIpc) is 2.75. The number of halogens is 2. The Bertz CT molecular complexity index is 723. The Kier molecular flexibility index (Phi) is 11.1. The number of likely N-dealkylation sites (tertiary alicyclic amines) is 1. The summed E-state index contributed by atoms with van der Waals surface area (Å²) in [4.78, 5) is 15.0. The number of benzene rings is 2. The van der Waals surface area contributed by atoms with Crippen molar-refractivity contribution in [2.45, 2.75) is 31.3 Å². The molecular weight excluding hydrogens is 409 g/mol. The highest BCUT2D eigenvalue weighted by Crippen LogP contribution is 2.26. The Balaban J connectivity index is 0.00000210. The van der Waals surface area contributed by atoms with E-state index in [1.165, 1.54) is 24.8 Å². The zero-order valence-corrected chi connectivity index (χ0v) is 18.4. The molecule has 0 saturated carbocycles. The lowest BCUT2D eigenvalue weighted by Crippen LogP contribution is -2.43. The van der Waals surface area contributed by atoms with E-state index >= 15 is 0 Å². The van der Waals surface area contributed by atoms with Gasteiger partial charge in [-0.05, 0) is 49.2 Å². The zero-order chi connectivity index (χ0) is 19.1. The molecule has 3 rings (SSSR count). The highest BCUT2D eigenvalue weighted by atomic mass is 35.5. The Morgan fingerprint density at radius 1 is 1.00 bits per heavy atom. The van der Waals surface area contributed by atoms with Gasteiger partial charge in [-0.25, -0.2) is 0 Å². The first-order chi connectivity index (χ1) is 13.2. The summed E-state index contributed by atoms with van der Waals surface area (Å²) in [5, 5.41) is 3.07. The first-order valence-corrected chi connectivity index (χ1v) is 9.65. The van der Waals surface area contributed by atoms with Crippen LogP contribution in [-0.4, -0.2) is 37.6 Å². The van der Waals surface area contributed by atoms with Crippen molar-refractivity contribution in [1.29, 1.82) is 0 Å². The van der Waals surface area contributed by atoms with Gasteiger partial charge in [-0.15, -0.1) is 24.8 Å². The third-order valence-corrected chi connectivity index (χ3v) is 5.24. The number of hydrogen-bond donors (Lipinski definition) is 2. The molecule has 0 spiro atoms. The highest BCUT2D eigenvalue weighted by Gasteiger charge is 2.24. The molecule has 2 atom stereocenters. The molecule has 2 unspecified atom stereocenters. The summed E-state index contributed by atoms with van der Waals surface area (Å²) in [6.45, 7) is 2.65. The SMILES string of the molecule is COc1ccc(C(CNC(=O)C(N)c2ccccc2)N2CCCCC2)cc1.Cl.Cl. The predicted octanol–water partition coefficient (Wildman–Crippen LogP) is 3.88. The molecule has 29 heavy (non-hydrogen) atoms. The normalized spacial score (nSPS) is 15.9. The smallest absolute Gasteiger partial charge is 0.241 e. The minimum absolute atomic E-state index is 0. The first-order valence-electron chi connectivity index (χ1n) is 9.65. The van der Waals surface area contributed by atoms with E-state index < -0.39 is 6.04 Å². The quantitative estimate of drug-likeness (QED) is 0.686. The van der Waals surface area contributed by atoms with Gasteiger partial charge in [0.2, 0.25) is 5.91 Å². The lowest BCUT2D eigenvalue weighted by Gasteiger charge is -2.35. The third-order valence-electron chi connectivity index (χ3n) is 5.24. The fourth-order valence-electron chi connectivity index (χ4n) is 3.63. The van der Waals surface area contributed by atoms with Crippen LogP contribution < -0.4 is 15.8 Å². The lowest BCUT2D eigenvalue weighted by molar-refractivity contribution is -0.122. The van der Waals surface area contributed by atoms with Crippen molar-refractivity contribution in [2.24, 2.45) is 5.73 Å². The van der Waals surface area contributed by atoms with Crippen LogP contribution >= 0.6 is 24.8 Å². The van der Waals surface area contributed by atoms with Gasteiger partial charge in [-0.3, -0.25) is 9.69 Å². The topological polar surface area (TPSA) is 67.6 Å². The maximum absolute atomic E-state index is 12.6. The molecule has 2 aromatic carbocycles. The van der Waals surface area contributed by atoms with Crippen molar-refractivity contribution in [2.75, 3.05) is 26.7 Å². The molecule has 5 nitrogen and oxygen atoms in total. The minimum atomic E-state index is -0.649. The number of carbonyl (C=O) groups excluding carboxylic acids is 1. The van der Waals surface area contributed by atoms with Crippen molar-refractivity contribution in [3.05, 3.63) is 65.7 Å². The Morgan fingerprint density at radius 2 is 1.62 bits per heavy atom. The number of piperidine rings is 1. The molecule has 160 valence electrons. The summed E-state index contributed by atoms with van der Waals surface area (Å²) in [6.07, 6.45) is 3.67. The molecule has 7 heteroatoms.